The Morgan fingerprint density at radius 3 is 2.26 bits per heavy atom. The van der Waals surface area contributed by atoms with Gasteiger partial charge in [0.05, 0.1) is 6.21 Å². The van der Waals surface area contributed by atoms with Crippen LogP contribution in [0.1, 0.15) is 19.4 Å². The number of nitrogens with zero attached hydrogens (tertiary/aromatic N) is 2. The van der Waals surface area contributed by atoms with Crippen molar-refractivity contribution >= 4 is 34.9 Å². The first-order valence-corrected chi connectivity index (χ1v) is 7.95. The molecular formula is C18H22N4S. The van der Waals surface area contributed by atoms with Crippen molar-refractivity contribution in [2.75, 3.05) is 11.9 Å². The van der Waals surface area contributed by atoms with Crippen molar-refractivity contribution in [3.8, 4) is 0 Å². The topological polar surface area (TPSA) is 39.7 Å². The molecule has 0 amide bonds. The Labute approximate surface area is 143 Å². The highest BCUT2D eigenvalue weighted by atomic mass is 32.1. The number of thiocarbonyl (C=S) groups is 1. The third-order valence-corrected chi connectivity index (χ3v) is 3.43. The molecule has 0 saturated carbocycles. The number of hydrazone groups is 1. The molecule has 2 N–H and O–H groups in total. The van der Waals surface area contributed by atoms with Crippen molar-refractivity contribution in [1.82, 2.24) is 10.7 Å². The summed E-state index contributed by atoms with van der Waals surface area (Å²) in [5.41, 5.74) is 6.09. The summed E-state index contributed by atoms with van der Waals surface area (Å²) in [4.78, 5) is 2.14. The molecule has 2 aromatic carbocycles. The van der Waals surface area contributed by atoms with Crippen LogP contribution < -0.4 is 15.6 Å². The lowest BCUT2D eigenvalue weighted by molar-refractivity contribution is 0.720. The van der Waals surface area contributed by atoms with Crippen molar-refractivity contribution in [1.29, 1.82) is 0 Å². The standard InChI is InChI=1S/C18H22N4S/c1-14(2)20-18(23)21-19-13-15-9-11-17(12-10-15)22(3)16-7-5-4-6-8-16/h4-14H,1-3H3,(H2,20,21,23). The summed E-state index contributed by atoms with van der Waals surface area (Å²) >= 11 is 5.11. The van der Waals surface area contributed by atoms with E-state index in [1.165, 1.54) is 0 Å². The molecule has 2 rings (SSSR count). The van der Waals surface area contributed by atoms with E-state index in [-0.39, 0.29) is 6.04 Å². The zero-order valence-electron chi connectivity index (χ0n) is 13.7. The molecule has 4 nitrogen and oxygen atoms in total. The van der Waals surface area contributed by atoms with E-state index in [0.29, 0.717) is 5.11 Å². The maximum atomic E-state index is 5.11. The van der Waals surface area contributed by atoms with Crippen LogP contribution in [0.3, 0.4) is 0 Å². The summed E-state index contributed by atoms with van der Waals surface area (Å²) in [5.74, 6) is 0. The minimum atomic E-state index is 0.290. The quantitative estimate of drug-likeness (QED) is 0.500. The van der Waals surface area contributed by atoms with E-state index in [1.54, 1.807) is 6.21 Å². The van der Waals surface area contributed by atoms with Gasteiger partial charge in [0.25, 0.3) is 0 Å². The SMILES string of the molecule is CC(C)NC(=S)NN=Cc1ccc(N(C)c2ccccc2)cc1. The van der Waals surface area contributed by atoms with E-state index in [9.17, 15) is 0 Å². The van der Waals surface area contributed by atoms with Gasteiger partial charge in [-0.2, -0.15) is 5.10 Å². The Hall–Kier alpha value is -2.40. The van der Waals surface area contributed by atoms with Crippen LogP contribution in [-0.4, -0.2) is 24.4 Å². The molecule has 0 atom stereocenters. The van der Waals surface area contributed by atoms with Gasteiger partial charge >= 0.3 is 0 Å². The molecule has 0 aliphatic heterocycles. The maximum absolute atomic E-state index is 5.11. The fourth-order valence-corrected chi connectivity index (χ4v) is 2.33. The molecule has 5 heteroatoms. The molecule has 0 aliphatic rings. The predicted octanol–water partition coefficient (Wildman–Crippen LogP) is 3.66. The number of hydrogen-bond acceptors (Lipinski definition) is 3. The molecule has 0 unspecified atom stereocenters. The van der Waals surface area contributed by atoms with Gasteiger partial charge in [0, 0.05) is 24.5 Å². The number of nitrogens with one attached hydrogen (secondary N) is 2. The summed E-state index contributed by atoms with van der Waals surface area (Å²) in [6.45, 7) is 4.05. The summed E-state index contributed by atoms with van der Waals surface area (Å²) in [6.07, 6.45) is 1.75. The summed E-state index contributed by atoms with van der Waals surface area (Å²) in [7, 11) is 2.05. The Morgan fingerprint density at radius 1 is 1.04 bits per heavy atom. The van der Waals surface area contributed by atoms with E-state index < -0.39 is 0 Å². The van der Waals surface area contributed by atoms with E-state index in [0.717, 1.165) is 16.9 Å². The van der Waals surface area contributed by atoms with E-state index in [4.69, 9.17) is 12.2 Å². The Bertz CT molecular complexity index is 650. The van der Waals surface area contributed by atoms with Crippen molar-refractivity contribution in [3.05, 3.63) is 60.2 Å². The molecular weight excluding hydrogens is 304 g/mol. The summed E-state index contributed by atoms with van der Waals surface area (Å²) in [5, 5.41) is 7.73. The second-order valence-corrected chi connectivity index (χ2v) is 5.89. The first kappa shape index (κ1) is 17.0. The van der Waals surface area contributed by atoms with Crippen molar-refractivity contribution in [3.63, 3.8) is 0 Å². The van der Waals surface area contributed by atoms with Crippen LogP contribution in [-0.2, 0) is 0 Å². The van der Waals surface area contributed by atoms with Gasteiger partial charge in [0.15, 0.2) is 5.11 Å². The summed E-state index contributed by atoms with van der Waals surface area (Å²) in [6, 6.07) is 18.7. The van der Waals surface area contributed by atoms with Gasteiger partial charge in [-0.15, -0.1) is 0 Å². The second kappa shape index (κ2) is 8.29. The monoisotopic (exact) mass is 326 g/mol. The number of para-hydroxylation sites is 1. The van der Waals surface area contributed by atoms with Crippen molar-refractivity contribution < 1.29 is 0 Å². The highest BCUT2D eigenvalue weighted by Gasteiger charge is 2.02. The highest BCUT2D eigenvalue weighted by molar-refractivity contribution is 7.80. The average molecular weight is 326 g/mol. The van der Waals surface area contributed by atoms with Crippen LogP contribution in [0.4, 0.5) is 11.4 Å². The van der Waals surface area contributed by atoms with Crippen LogP contribution in [0.15, 0.2) is 59.7 Å². The normalized spacial score (nSPS) is 10.8. The number of rotatable bonds is 5. The van der Waals surface area contributed by atoms with E-state index in [1.807, 2.05) is 44.2 Å². The predicted molar refractivity (Wildman–Crippen MR) is 103 cm³/mol. The van der Waals surface area contributed by atoms with Gasteiger partial charge in [-0.25, -0.2) is 0 Å². The first-order chi connectivity index (χ1) is 11.1. The zero-order valence-corrected chi connectivity index (χ0v) is 14.5. The third kappa shape index (κ3) is 5.38. The van der Waals surface area contributed by atoms with Gasteiger partial charge in [0.2, 0.25) is 0 Å². The molecule has 0 bridgehead atoms. The third-order valence-electron chi connectivity index (χ3n) is 3.22. The first-order valence-electron chi connectivity index (χ1n) is 7.54. The van der Waals surface area contributed by atoms with E-state index in [2.05, 4.69) is 52.1 Å². The van der Waals surface area contributed by atoms with E-state index >= 15 is 0 Å². The van der Waals surface area contributed by atoms with Crippen molar-refractivity contribution in [2.24, 2.45) is 5.10 Å². The fraction of sp³-hybridized carbons (Fsp3) is 0.222. The molecule has 23 heavy (non-hydrogen) atoms. The molecule has 0 aliphatic carbocycles. The molecule has 0 heterocycles. The van der Waals surface area contributed by atoms with Crippen LogP contribution in [0, 0.1) is 0 Å². The molecule has 0 radical (unpaired) electrons. The molecule has 0 aromatic heterocycles. The molecule has 0 spiro atoms. The number of anilines is 2. The average Bonchev–Trinajstić information content (AvgIpc) is 2.55. The van der Waals surface area contributed by atoms with Gasteiger partial charge in [0.1, 0.15) is 0 Å². The van der Waals surface area contributed by atoms with Crippen LogP contribution >= 0.6 is 12.2 Å². The lowest BCUT2D eigenvalue weighted by Gasteiger charge is -2.19. The lowest BCUT2D eigenvalue weighted by atomic mass is 10.2. The molecule has 120 valence electrons. The second-order valence-electron chi connectivity index (χ2n) is 5.48. The highest BCUT2D eigenvalue weighted by Crippen LogP contribution is 2.22. The number of benzene rings is 2. The number of hydrogen-bond donors (Lipinski definition) is 2. The maximum Gasteiger partial charge on any atom is 0.187 e. The minimum absolute atomic E-state index is 0.290. The molecule has 0 saturated heterocycles. The Kier molecular flexibility index (Phi) is 6.11. The van der Waals surface area contributed by atoms with Crippen LogP contribution in [0.5, 0.6) is 0 Å². The minimum Gasteiger partial charge on any atom is -0.359 e. The van der Waals surface area contributed by atoms with Gasteiger partial charge < -0.3 is 10.2 Å². The van der Waals surface area contributed by atoms with Crippen LogP contribution in [0.2, 0.25) is 0 Å². The molecule has 0 fully saturated rings. The molecule has 2 aromatic rings. The van der Waals surface area contributed by atoms with Gasteiger partial charge in [-0.3, -0.25) is 5.43 Å². The fourth-order valence-electron chi connectivity index (χ4n) is 2.04. The van der Waals surface area contributed by atoms with Gasteiger partial charge in [-0.05, 0) is 55.9 Å². The largest absolute Gasteiger partial charge is 0.359 e. The zero-order chi connectivity index (χ0) is 16.7. The Balaban J connectivity index is 1.96. The summed E-state index contributed by atoms with van der Waals surface area (Å²) < 4.78 is 0. The lowest BCUT2D eigenvalue weighted by Crippen LogP contribution is -2.36. The van der Waals surface area contributed by atoms with Gasteiger partial charge in [-0.1, -0.05) is 30.3 Å². The van der Waals surface area contributed by atoms with Crippen LogP contribution in [0.25, 0.3) is 0 Å². The smallest absolute Gasteiger partial charge is 0.187 e. The van der Waals surface area contributed by atoms with Crippen molar-refractivity contribution in [2.45, 2.75) is 19.9 Å². The Morgan fingerprint density at radius 2 is 1.65 bits per heavy atom.